The first-order valence-corrected chi connectivity index (χ1v) is 5.25. The van der Waals surface area contributed by atoms with E-state index >= 15 is 0 Å². The lowest BCUT2D eigenvalue weighted by Gasteiger charge is -2.41. The van der Waals surface area contributed by atoms with Crippen LogP contribution in [0.25, 0.3) is 0 Å². The van der Waals surface area contributed by atoms with Gasteiger partial charge in [0.2, 0.25) is 6.29 Å². The first kappa shape index (κ1) is 11.5. The molecule has 0 radical (unpaired) electrons. The Morgan fingerprint density at radius 2 is 1.86 bits per heavy atom. The molecule has 2 N–H and O–H groups in total. The predicted octanol–water partition coefficient (Wildman–Crippen LogP) is 1.88. The molecule has 0 bridgehead atoms. The molecule has 1 aliphatic heterocycles. The van der Waals surface area contributed by atoms with Gasteiger partial charge in [0.1, 0.15) is 0 Å². The van der Waals surface area contributed by atoms with Gasteiger partial charge >= 0.3 is 0 Å². The fourth-order valence-corrected chi connectivity index (χ4v) is 1.73. The predicted molar refractivity (Wildman–Crippen MR) is 56.5 cm³/mol. The Labute approximate surface area is 86.3 Å². The topological polar surface area (TPSA) is 44.5 Å². The summed E-state index contributed by atoms with van der Waals surface area (Å²) in [6, 6.07) is -0.0441. The van der Waals surface area contributed by atoms with Gasteiger partial charge in [-0.1, -0.05) is 19.9 Å². The van der Waals surface area contributed by atoms with Crippen molar-refractivity contribution in [2.24, 2.45) is 17.6 Å². The van der Waals surface area contributed by atoms with Gasteiger partial charge < -0.3 is 15.2 Å². The molecule has 3 heteroatoms. The third kappa shape index (κ3) is 2.28. The molecular weight excluding hydrogens is 178 g/mol. The van der Waals surface area contributed by atoms with Crippen molar-refractivity contribution in [3.8, 4) is 0 Å². The van der Waals surface area contributed by atoms with Crippen molar-refractivity contribution < 1.29 is 9.47 Å². The molecule has 5 atom stereocenters. The number of allylic oxidation sites excluding steroid dienone is 1. The highest BCUT2D eigenvalue weighted by molar-refractivity contribution is 4.86. The maximum atomic E-state index is 6.03. The van der Waals surface area contributed by atoms with E-state index in [2.05, 4.69) is 20.8 Å². The largest absolute Gasteiger partial charge is 0.471 e. The molecule has 2 unspecified atom stereocenters. The fraction of sp³-hybridized carbons (Fsp3) is 0.818. The highest BCUT2D eigenvalue weighted by atomic mass is 16.7. The number of nitrogens with two attached hydrogens (primary N) is 1. The van der Waals surface area contributed by atoms with Crippen LogP contribution in [0.15, 0.2) is 12.3 Å². The minimum Gasteiger partial charge on any atom is -0.471 e. The summed E-state index contributed by atoms with van der Waals surface area (Å²) in [4.78, 5) is 0. The first-order chi connectivity index (χ1) is 6.57. The molecule has 3 nitrogen and oxygen atoms in total. The molecule has 14 heavy (non-hydrogen) atoms. The second-order valence-electron chi connectivity index (χ2n) is 4.11. The van der Waals surface area contributed by atoms with Crippen LogP contribution in [-0.4, -0.2) is 18.4 Å². The monoisotopic (exact) mass is 199 g/mol. The van der Waals surface area contributed by atoms with Gasteiger partial charge in [0.05, 0.1) is 18.4 Å². The lowest BCUT2D eigenvalue weighted by atomic mass is 9.83. The molecule has 0 amide bonds. The summed E-state index contributed by atoms with van der Waals surface area (Å²) in [7, 11) is 0. The maximum absolute atomic E-state index is 6.03. The van der Waals surface area contributed by atoms with Gasteiger partial charge in [-0.15, -0.1) is 0 Å². The molecule has 1 aliphatic rings. The number of hydrogen-bond acceptors (Lipinski definition) is 3. The van der Waals surface area contributed by atoms with Crippen molar-refractivity contribution in [3.63, 3.8) is 0 Å². The molecule has 0 aliphatic carbocycles. The van der Waals surface area contributed by atoms with Crippen LogP contribution in [0.1, 0.15) is 27.7 Å². The fourth-order valence-electron chi connectivity index (χ4n) is 1.73. The van der Waals surface area contributed by atoms with Gasteiger partial charge in [0, 0.05) is 0 Å². The number of ether oxygens (including phenoxy) is 2. The van der Waals surface area contributed by atoms with Crippen molar-refractivity contribution in [2.45, 2.75) is 46.1 Å². The van der Waals surface area contributed by atoms with Gasteiger partial charge in [0.25, 0.3) is 0 Å². The van der Waals surface area contributed by atoms with Crippen LogP contribution in [0.4, 0.5) is 0 Å². The lowest BCUT2D eigenvalue weighted by molar-refractivity contribution is -0.203. The van der Waals surface area contributed by atoms with Crippen LogP contribution in [-0.2, 0) is 9.47 Å². The number of hydrogen-bond donors (Lipinski definition) is 1. The van der Waals surface area contributed by atoms with Crippen LogP contribution >= 0.6 is 0 Å². The van der Waals surface area contributed by atoms with Crippen molar-refractivity contribution >= 4 is 0 Å². The lowest BCUT2D eigenvalue weighted by Crippen LogP contribution is -2.53. The second kappa shape index (κ2) is 4.80. The smallest absolute Gasteiger partial charge is 0.214 e. The minimum atomic E-state index is -0.299. The Morgan fingerprint density at radius 1 is 1.21 bits per heavy atom. The molecule has 0 saturated carbocycles. The van der Waals surface area contributed by atoms with Crippen molar-refractivity contribution in [3.05, 3.63) is 12.3 Å². The molecule has 0 aromatic rings. The molecular formula is C11H21NO2. The molecule has 1 saturated heterocycles. The zero-order chi connectivity index (χ0) is 10.7. The zero-order valence-corrected chi connectivity index (χ0v) is 9.44. The summed E-state index contributed by atoms with van der Waals surface area (Å²) in [6.07, 6.45) is 3.39. The Bertz CT molecular complexity index is 205. The van der Waals surface area contributed by atoms with Crippen molar-refractivity contribution in [1.29, 1.82) is 0 Å². The first-order valence-electron chi connectivity index (χ1n) is 5.25. The summed E-state index contributed by atoms with van der Waals surface area (Å²) >= 11 is 0. The molecule has 0 aromatic heterocycles. The highest BCUT2D eigenvalue weighted by Crippen LogP contribution is 2.29. The Hall–Kier alpha value is -0.540. The zero-order valence-electron chi connectivity index (χ0n) is 9.44. The van der Waals surface area contributed by atoms with E-state index in [0.29, 0.717) is 11.8 Å². The van der Waals surface area contributed by atoms with E-state index in [1.807, 2.05) is 13.0 Å². The van der Waals surface area contributed by atoms with Crippen molar-refractivity contribution in [2.75, 3.05) is 0 Å². The number of rotatable bonds is 2. The summed E-state index contributed by atoms with van der Waals surface area (Å²) in [5.74, 6) is 0.907. The molecule has 0 aromatic carbocycles. The van der Waals surface area contributed by atoms with E-state index in [9.17, 15) is 0 Å². The summed E-state index contributed by atoms with van der Waals surface area (Å²) in [6.45, 7) is 8.30. The van der Waals surface area contributed by atoms with Crippen LogP contribution in [0, 0.1) is 11.8 Å². The minimum absolute atomic E-state index is 0.0441. The van der Waals surface area contributed by atoms with Crippen LogP contribution in [0.3, 0.4) is 0 Å². The van der Waals surface area contributed by atoms with Gasteiger partial charge in [0.15, 0.2) is 0 Å². The van der Waals surface area contributed by atoms with Gasteiger partial charge in [-0.25, -0.2) is 0 Å². The van der Waals surface area contributed by atoms with Crippen molar-refractivity contribution in [1.82, 2.24) is 0 Å². The van der Waals surface area contributed by atoms with Gasteiger partial charge in [-0.05, 0) is 25.7 Å². The van der Waals surface area contributed by atoms with E-state index in [1.54, 1.807) is 6.26 Å². The van der Waals surface area contributed by atoms with E-state index in [4.69, 9.17) is 15.2 Å². The van der Waals surface area contributed by atoms with Gasteiger partial charge in [-0.2, -0.15) is 0 Å². The quantitative estimate of drug-likeness (QED) is 0.691. The van der Waals surface area contributed by atoms with E-state index in [1.165, 1.54) is 0 Å². The molecule has 1 fully saturated rings. The second-order valence-corrected chi connectivity index (χ2v) is 4.11. The SMILES string of the molecule is C/C=C\O[C@H]1OC(C)[C@@H](C)[C@H](C)C1N. The van der Waals surface area contributed by atoms with E-state index in [-0.39, 0.29) is 18.4 Å². The van der Waals surface area contributed by atoms with E-state index < -0.39 is 0 Å². The summed E-state index contributed by atoms with van der Waals surface area (Å²) in [5.41, 5.74) is 6.03. The summed E-state index contributed by atoms with van der Waals surface area (Å²) < 4.78 is 11.1. The standard InChI is InChI=1S/C11H21NO2/c1-5-6-13-11-10(12)8(3)7(2)9(4)14-11/h5-11H,12H2,1-4H3/b6-5-/t7-,8-,9?,10?,11-/m0/s1. The third-order valence-corrected chi connectivity index (χ3v) is 3.19. The Balaban J connectivity index is 2.60. The average molecular weight is 199 g/mol. The molecule has 82 valence electrons. The maximum Gasteiger partial charge on any atom is 0.214 e. The third-order valence-electron chi connectivity index (χ3n) is 3.19. The van der Waals surface area contributed by atoms with Crippen LogP contribution in [0.2, 0.25) is 0 Å². The Kier molecular flexibility index (Phi) is 3.96. The van der Waals surface area contributed by atoms with Crippen LogP contribution in [0.5, 0.6) is 0 Å². The highest BCUT2D eigenvalue weighted by Gasteiger charge is 2.38. The average Bonchev–Trinajstić information content (AvgIpc) is 2.18. The molecule has 1 rings (SSSR count). The molecule has 1 heterocycles. The normalized spacial score (nSPS) is 44.2. The molecule has 0 spiro atoms. The Morgan fingerprint density at radius 3 is 2.43 bits per heavy atom. The summed E-state index contributed by atoms with van der Waals surface area (Å²) in [5, 5.41) is 0. The van der Waals surface area contributed by atoms with E-state index in [0.717, 1.165) is 0 Å². The van der Waals surface area contributed by atoms with Gasteiger partial charge in [-0.3, -0.25) is 0 Å². The van der Waals surface area contributed by atoms with Crippen LogP contribution < -0.4 is 5.73 Å².